The van der Waals surface area contributed by atoms with Crippen LogP contribution in [0.2, 0.25) is 0 Å². The number of ether oxygens (including phenoxy) is 1. The van der Waals surface area contributed by atoms with E-state index in [9.17, 15) is 4.79 Å². The molecule has 0 aliphatic carbocycles. The number of aryl methyl sites for hydroxylation is 1. The number of carbonyl (C=O) groups is 1. The topological polar surface area (TPSA) is 51.2 Å². The first-order valence-electron chi connectivity index (χ1n) is 5.57. The minimum absolute atomic E-state index is 0.184. The molecule has 2 aromatic rings. The number of nitrogens with one attached hydrogen (secondary N) is 1. The summed E-state index contributed by atoms with van der Waals surface area (Å²) in [5, 5.41) is 2.75. The molecule has 0 aliphatic rings. The van der Waals surface area contributed by atoms with Crippen molar-refractivity contribution in [1.82, 2.24) is 4.98 Å². The number of rotatable bonds is 3. The molecular formula is C14H14N2O2. The first-order chi connectivity index (χ1) is 8.69. The quantitative estimate of drug-likeness (QED) is 0.900. The molecule has 1 amide bonds. The lowest BCUT2D eigenvalue weighted by Gasteiger charge is -2.05. The van der Waals surface area contributed by atoms with E-state index in [1.807, 2.05) is 19.1 Å². The van der Waals surface area contributed by atoms with Crippen LogP contribution in [0.5, 0.6) is 5.75 Å². The summed E-state index contributed by atoms with van der Waals surface area (Å²) in [7, 11) is 1.59. The van der Waals surface area contributed by atoms with Crippen LogP contribution in [0.4, 0.5) is 5.82 Å². The van der Waals surface area contributed by atoms with Crippen molar-refractivity contribution in [3.05, 3.63) is 53.7 Å². The van der Waals surface area contributed by atoms with E-state index in [-0.39, 0.29) is 5.91 Å². The van der Waals surface area contributed by atoms with Gasteiger partial charge in [-0.05, 0) is 48.9 Å². The SMILES string of the molecule is COc1ccc(C(=O)Nc2cc(C)ccn2)cc1. The monoisotopic (exact) mass is 242 g/mol. The van der Waals surface area contributed by atoms with Crippen molar-refractivity contribution in [2.24, 2.45) is 0 Å². The third-order valence-corrected chi connectivity index (χ3v) is 2.51. The highest BCUT2D eigenvalue weighted by Crippen LogP contribution is 2.13. The summed E-state index contributed by atoms with van der Waals surface area (Å²) >= 11 is 0. The fourth-order valence-corrected chi connectivity index (χ4v) is 1.54. The van der Waals surface area contributed by atoms with E-state index in [1.54, 1.807) is 37.6 Å². The van der Waals surface area contributed by atoms with E-state index in [2.05, 4.69) is 10.3 Å². The molecule has 18 heavy (non-hydrogen) atoms. The number of anilines is 1. The number of carbonyl (C=O) groups excluding carboxylic acids is 1. The van der Waals surface area contributed by atoms with Crippen molar-refractivity contribution in [2.45, 2.75) is 6.92 Å². The number of nitrogens with zero attached hydrogens (tertiary/aromatic N) is 1. The van der Waals surface area contributed by atoms with Gasteiger partial charge in [0.1, 0.15) is 11.6 Å². The van der Waals surface area contributed by atoms with Gasteiger partial charge in [0.15, 0.2) is 0 Å². The number of aromatic nitrogens is 1. The molecular weight excluding hydrogens is 228 g/mol. The molecule has 0 radical (unpaired) electrons. The Morgan fingerprint density at radius 2 is 1.94 bits per heavy atom. The van der Waals surface area contributed by atoms with E-state index >= 15 is 0 Å². The average molecular weight is 242 g/mol. The fraction of sp³-hybridized carbons (Fsp3) is 0.143. The maximum absolute atomic E-state index is 11.9. The molecule has 92 valence electrons. The molecule has 4 nitrogen and oxygen atoms in total. The number of pyridine rings is 1. The molecule has 0 fully saturated rings. The molecule has 1 aromatic carbocycles. The zero-order chi connectivity index (χ0) is 13.0. The molecule has 1 heterocycles. The Bertz CT molecular complexity index is 550. The van der Waals surface area contributed by atoms with E-state index in [4.69, 9.17) is 4.74 Å². The van der Waals surface area contributed by atoms with Gasteiger partial charge in [-0.3, -0.25) is 4.79 Å². The molecule has 2 rings (SSSR count). The van der Waals surface area contributed by atoms with Crippen molar-refractivity contribution in [1.29, 1.82) is 0 Å². The van der Waals surface area contributed by atoms with E-state index in [0.29, 0.717) is 11.4 Å². The van der Waals surface area contributed by atoms with Gasteiger partial charge in [-0.2, -0.15) is 0 Å². The molecule has 0 aliphatic heterocycles. The fourth-order valence-electron chi connectivity index (χ4n) is 1.54. The lowest BCUT2D eigenvalue weighted by molar-refractivity contribution is 0.102. The van der Waals surface area contributed by atoms with Crippen molar-refractivity contribution < 1.29 is 9.53 Å². The number of benzene rings is 1. The van der Waals surface area contributed by atoms with E-state index in [0.717, 1.165) is 11.3 Å². The second-order valence-electron chi connectivity index (χ2n) is 3.90. The average Bonchev–Trinajstić information content (AvgIpc) is 2.39. The van der Waals surface area contributed by atoms with Crippen molar-refractivity contribution in [3.8, 4) is 5.75 Å². The third-order valence-electron chi connectivity index (χ3n) is 2.51. The summed E-state index contributed by atoms with van der Waals surface area (Å²) in [6, 6.07) is 10.6. The predicted molar refractivity (Wildman–Crippen MR) is 69.9 cm³/mol. The summed E-state index contributed by atoms with van der Waals surface area (Å²) in [6.45, 7) is 1.95. The normalized spacial score (nSPS) is 9.89. The van der Waals surface area contributed by atoms with Crippen LogP contribution in [0.25, 0.3) is 0 Å². The Kier molecular flexibility index (Phi) is 3.57. The Balaban J connectivity index is 2.11. The summed E-state index contributed by atoms with van der Waals surface area (Å²) in [5.41, 5.74) is 1.62. The van der Waals surface area contributed by atoms with Crippen molar-refractivity contribution >= 4 is 11.7 Å². The Labute approximate surface area is 106 Å². The van der Waals surface area contributed by atoms with Crippen LogP contribution in [0.15, 0.2) is 42.6 Å². The highest BCUT2D eigenvalue weighted by molar-refractivity contribution is 6.03. The Hall–Kier alpha value is -2.36. The molecule has 1 aromatic heterocycles. The smallest absolute Gasteiger partial charge is 0.256 e. The van der Waals surface area contributed by atoms with Gasteiger partial charge in [0.25, 0.3) is 5.91 Å². The molecule has 0 bridgehead atoms. The van der Waals surface area contributed by atoms with Crippen LogP contribution in [0.1, 0.15) is 15.9 Å². The minimum Gasteiger partial charge on any atom is -0.497 e. The van der Waals surface area contributed by atoms with Gasteiger partial charge in [0, 0.05) is 11.8 Å². The molecule has 0 unspecified atom stereocenters. The standard InChI is InChI=1S/C14H14N2O2/c1-10-7-8-15-13(9-10)16-14(17)11-3-5-12(18-2)6-4-11/h3-9H,1-2H3,(H,15,16,17). The maximum Gasteiger partial charge on any atom is 0.256 e. The largest absolute Gasteiger partial charge is 0.497 e. The second-order valence-corrected chi connectivity index (χ2v) is 3.90. The first kappa shape index (κ1) is 12.1. The van der Waals surface area contributed by atoms with Crippen molar-refractivity contribution in [2.75, 3.05) is 12.4 Å². The first-order valence-corrected chi connectivity index (χ1v) is 5.57. The highest BCUT2D eigenvalue weighted by Gasteiger charge is 2.06. The van der Waals surface area contributed by atoms with Gasteiger partial charge in [-0.25, -0.2) is 4.98 Å². The van der Waals surface area contributed by atoms with Crippen LogP contribution in [-0.4, -0.2) is 18.0 Å². The van der Waals surface area contributed by atoms with E-state index in [1.165, 1.54) is 0 Å². The lowest BCUT2D eigenvalue weighted by Crippen LogP contribution is -2.12. The summed E-state index contributed by atoms with van der Waals surface area (Å²) in [6.07, 6.45) is 1.67. The molecule has 1 N–H and O–H groups in total. The van der Waals surface area contributed by atoms with Crippen LogP contribution in [0.3, 0.4) is 0 Å². The van der Waals surface area contributed by atoms with Crippen LogP contribution in [-0.2, 0) is 0 Å². The van der Waals surface area contributed by atoms with Gasteiger partial charge < -0.3 is 10.1 Å². The Morgan fingerprint density at radius 1 is 1.22 bits per heavy atom. The third kappa shape index (κ3) is 2.85. The number of hydrogen-bond donors (Lipinski definition) is 1. The van der Waals surface area contributed by atoms with Gasteiger partial charge in [0.05, 0.1) is 7.11 Å². The molecule has 0 spiro atoms. The number of amides is 1. The van der Waals surface area contributed by atoms with Crippen LogP contribution >= 0.6 is 0 Å². The lowest BCUT2D eigenvalue weighted by atomic mass is 10.2. The Morgan fingerprint density at radius 3 is 2.56 bits per heavy atom. The van der Waals surface area contributed by atoms with Gasteiger partial charge in [0.2, 0.25) is 0 Å². The summed E-state index contributed by atoms with van der Waals surface area (Å²) < 4.78 is 5.04. The van der Waals surface area contributed by atoms with Crippen molar-refractivity contribution in [3.63, 3.8) is 0 Å². The van der Waals surface area contributed by atoms with Crippen LogP contribution in [0, 0.1) is 6.92 Å². The summed E-state index contributed by atoms with van der Waals surface area (Å²) in [4.78, 5) is 16.0. The number of hydrogen-bond acceptors (Lipinski definition) is 3. The summed E-state index contributed by atoms with van der Waals surface area (Å²) in [5.74, 6) is 1.09. The van der Waals surface area contributed by atoms with E-state index < -0.39 is 0 Å². The highest BCUT2D eigenvalue weighted by atomic mass is 16.5. The number of methoxy groups -OCH3 is 1. The molecule has 0 atom stereocenters. The maximum atomic E-state index is 11.9. The second kappa shape index (κ2) is 5.31. The van der Waals surface area contributed by atoms with Gasteiger partial charge in [-0.1, -0.05) is 0 Å². The van der Waals surface area contributed by atoms with Gasteiger partial charge in [-0.15, -0.1) is 0 Å². The minimum atomic E-state index is -0.184. The molecule has 0 saturated heterocycles. The zero-order valence-electron chi connectivity index (χ0n) is 10.3. The zero-order valence-corrected chi connectivity index (χ0v) is 10.3. The van der Waals surface area contributed by atoms with Crippen LogP contribution < -0.4 is 10.1 Å². The van der Waals surface area contributed by atoms with Gasteiger partial charge >= 0.3 is 0 Å². The predicted octanol–water partition coefficient (Wildman–Crippen LogP) is 2.65. The molecule has 4 heteroatoms. The molecule has 0 saturated carbocycles.